The third-order valence-electron chi connectivity index (χ3n) is 3.46. The highest BCUT2D eigenvalue weighted by molar-refractivity contribution is 5.87. The van der Waals surface area contributed by atoms with E-state index < -0.39 is 5.97 Å². The van der Waals surface area contributed by atoms with Crippen molar-refractivity contribution < 1.29 is 13.9 Å². The van der Waals surface area contributed by atoms with Gasteiger partial charge in [-0.25, -0.2) is 13.9 Å². The van der Waals surface area contributed by atoms with E-state index in [1.807, 2.05) is 12.1 Å². The van der Waals surface area contributed by atoms with Gasteiger partial charge in [0.2, 0.25) is 0 Å². The molecule has 24 heavy (non-hydrogen) atoms. The van der Waals surface area contributed by atoms with Gasteiger partial charge in [-0.2, -0.15) is 5.10 Å². The summed E-state index contributed by atoms with van der Waals surface area (Å²) in [6, 6.07) is 11.4. The molecule has 6 heteroatoms. The van der Waals surface area contributed by atoms with Crippen molar-refractivity contribution in [3.63, 3.8) is 0 Å². The number of hydrogen-bond acceptors (Lipinski definition) is 4. The Morgan fingerprint density at radius 2 is 2.00 bits per heavy atom. The zero-order chi connectivity index (χ0) is 16.8. The molecule has 3 rings (SSSR count). The summed E-state index contributed by atoms with van der Waals surface area (Å²) in [5, 5.41) is 4.13. The van der Waals surface area contributed by atoms with Crippen LogP contribution in [-0.4, -0.2) is 27.3 Å². The minimum absolute atomic E-state index is 0.197. The molecule has 0 fully saturated rings. The monoisotopic (exact) mass is 325 g/mol. The molecule has 0 atom stereocenters. The fourth-order valence-electron chi connectivity index (χ4n) is 2.26. The molecule has 0 saturated carbocycles. The van der Waals surface area contributed by atoms with Crippen LogP contribution in [0.4, 0.5) is 4.39 Å². The Kier molecular flexibility index (Phi) is 4.96. The summed E-state index contributed by atoms with van der Waals surface area (Å²) in [5.74, 6) is -0.844. The second-order valence-electron chi connectivity index (χ2n) is 5.22. The van der Waals surface area contributed by atoms with E-state index in [1.54, 1.807) is 36.8 Å². The number of nitrogens with zero attached hydrogens (tertiary/aromatic N) is 3. The Labute approximate surface area is 138 Å². The molecular weight excluding hydrogens is 309 g/mol. The number of aromatic nitrogens is 3. The van der Waals surface area contributed by atoms with Crippen molar-refractivity contribution >= 4 is 5.97 Å². The molecule has 0 bridgehead atoms. The van der Waals surface area contributed by atoms with E-state index in [4.69, 9.17) is 4.74 Å². The van der Waals surface area contributed by atoms with Crippen molar-refractivity contribution in [3.05, 3.63) is 78.1 Å². The minimum atomic E-state index is -0.486. The lowest BCUT2D eigenvalue weighted by atomic mass is 10.1. The number of aryl methyl sites for hydroxylation is 1. The standard InChI is InChI=1S/C18H16FN3O2/c19-15-4-1-5-16(13-15)22-11-8-17(21-22)18(23)24-12-2-3-14-6-9-20-10-7-14/h1,4-11,13H,2-3,12H2. The number of ether oxygens (including phenoxy) is 1. The normalized spacial score (nSPS) is 10.5. The number of esters is 1. The van der Waals surface area contributed by atoms with E-state index in [0.29, 0.717) is 12.3 Å². The molecule has 2 aromatic heterocycles. The number of benzene rings is 1. The lowest BCUT2D eigenvalue weighted by molar-refractivity contribution is 0.0493. The lowest BCUT2D eigenvalue weighted by Crippen LogP contribution is -2.09. The predicted molar refractivity (Wildman–Crippen MR) is 86.4 cm³/mol. The molecule has 0 radical (unpaired) electrons. The number of hydrogen-bond donors (Lipinski definition) is 0. The maximum Gasteiger partial charge on any atom is 0.358 e. The van der Waals surface area contributed by atoms with Crippen molar-refractivity contribution in [2.75, 3.05) is 6.61 Å². The maximum atomic E-state index is 13.2. The number of rotatable bonds is 6. The molecule has 3 aromatic rings. The molecule has 0 saturated heterocycles. The SMILES string of the molecule is O=C(OCCCc1ccncc1)c1ccn(-c2cccc(F)c2)n1. The van der Waals surface area contributed by atoms with E-state index in [9.17, 15) is 9.18 Å². The van der Waals surface area contributed by atoms with Crippen LogP contribution in [0.25, 0.3) is 5.69 Å². The lowest BCUT2D eigenvalue weighted by Gasteiger charge is -2.03. The first-order valence-corrected chi connectivity index (χ1v) is 7.60. The van der Waals surface area contributed by atoms with Crippen LogP contribution in [0.15, 0.2) is 61.1 Å². The van der Waals surface area contributed by atoms with Crippen LogP contribution >= 0.6 is 0 Å². The zero-order valence-electron chi connectivity index (χ0n) is 12.9. The number of carbonyl (C=O) groups excluding carboxylic acids is 1. The smallest absolute Gasteiger partial charge is 0.358 e. The number of halogens is 1. The van der Waals surface area contributed by atoms with Gasteiger partial charge in [-0.05, 0) is 54.8 Å². The van der Waals surface area contributed by atoms with Gasteiger partial charge in [0.25, 0.3) is 0 Å². The third kappa shape index (κ3) is 4.04. The third-order valence-corrected chi connectivity index (χ3v) is 3.46. The van der Waals surface area contributed by atoms with Gasteiger partial charge >= 0.3 is 5.97 Å². The first-order chi connectivity index (χ1) is 11.7. The summed E-state index contributed by atoms with van der Waals surface area (Å²) in [7, 11) is 0. The maximum absolute atomic E-state index is 13.2. The highest BCUT2D eigenvalue weighted by Gasteiger charge is 2.11. The van der Waals surface area contributed by atoms with Gasteiger partial charge in [0.05, 0.1) is 12.3 Å². The first kappa shape index (κ1) is 15.9. The molecule has 0 N–H and O–H groups in total. The highest BCUT2D eigenvalue weighted by Crippen LogP contribution is 2.10. The van der Waals surface area contributed by atoms with Crippen molar-refractivity contribution in [2.45, 2.75) is 12.8 Å². The molecule has 0 aliphatic rings. The van der Waals surface area contributed by atoms with Gasteiger partial charge in [-0.15, -0.1) is 0 Å². The van der Waals surface area contributed by atoms with Gasteiger partial charge in [-0.1, -0.05) is 6.07 Å². The van der Waals surface area contributed by atoms with E-state index in [2.05, 4.69) is 10.1 Å². The summed E-state index contributed by atoms with van der Waals surface area (Å²) in [5.41, 5.74) is 1.89. The topological polar surface area (TPSA) is 57.0 Å². The Bertz CT molecular complexity index is 818. The van der Waals surface area contributed by atoms with Crippen LogP contribution in [0.2, 0.25) is 0 Å². The second-order valence-corrected chi connectivity index (χ2v) is 5.22. The quantitative estimate of drug-likeness (QED) is 0.516. The van der Waals surface area contributed by atoms with Crippen molar-refractivity contribution in [3.8, 4) is 5.69 Å². The highest BCUT2D eigenvalue weighted by atomic mass is 19.1. The molecule has 0 aliphatic carbocycles. The molecule has 1 aromatic carbocycles. The van der Waals surface area contributed by atoms with Gasteiger partial charge in [0.1, 0.15) is 5.82 Å². The van der Waals surface area contributed by atoms with Crippen LogP contribution < -0.4 is 0 Å². The fourth-order valence-corrected chi connectivity index (χ4v) is 2.26. The van der Waals surface area contributed by atoms with Crippen LogP contribution in [-0.2, 0) is 11.2 Å². The minimum Gasteiger partial charge on any atom is -0.461 e. The predicted octanol–water partition coefficient (Wildman–Crippen LogP) is 3.20. The molecular formula is C18H16FN3O2. The molecule has 2 heterocycles. The Hall–Kier alpha value is -3.02. The van der Waals surface area contributed by atoms with Crippen molar-refractivity contribution in [1.29, 1.82) is 0 Å². The molecule has 0 amide bonds. The average Bonchev–Trinajstić information content (AvgIpc) is 3.10. The van der Waals surface area contributed by atoms with Gasteiger partial charge in [0.15, 0.2) is 5.69 Å². The second kappa shape index (κ2) is 7.50. The van der Waals surface area contributed by atoms with E-state index in [1.165, 1.54) is 16.8 Å². The molecule has 5 nitrogen and oxygen atoms in total. The number of carbonyl (C=O) groups is 1. The van der Waals surface area contributed by atoms with Gasteiger partial charge in [-0.3, -0.25) is 4.98 Å². The van der Waals surface area contributed by atoms with Crippen LogP contribution in [0, 0.1) is 5.82 Å². The summed E-state index contributed by atoms with van der Waals surface area (Å²) < 4.78 is 19.9. The molecule has 0 unspecified atom stereocenters. The average molecular weight is 325 g/mol. The number of pyridine rings is 1. The van der Waals surface area contributed by atoms with Crippen LogP contribution in [0.3, 0.4) is 0 Å². The Balaban J connectivity index is 1.52. The first-order valence-electron chi connectivity index (χ1n) is 7.60. The largest absolute Gasteiger partial charge is 0.461 e. The summed E-state index contributed by atoms with van der Waals surface area (Å²) in [6.07, 6.45) is 6.61. The molecule has 122 valence electrons. The summed E-state index contributed by atoms with van der Waals surface area (Å²) in [6.45, 7) is 0.313. The van der Waals surface area contributed by atoms with Crippen molar-refractivity contribution in [1.82, 2.24) is 14.8 Å². The van der Waals surface area contributed by atoms with Gasteiger partial charge < -0.3 is 4.74 Å². The van der Waals surface area contributed by atoms with E-state index in [0.717, 1.165) is 18.4 Å². The van der Waals surface area contributed by atoms with Crippen LogP contribution in [0.5, 0.6) is 0 Å². The van der Waals surface area contributed by atoms with E-state index >= 15 is 0 Å². The van der Waals surface area contributed by atoms with E-state index in [-0.39, 0.29) is 11.5 Å². The summed E-state index contributed by atoms with van der Waals surface area (Å²) >= 11 is 0. The Morgan fingerprint density at radius 1 is 1.17 bits per heavy atom. The van der Waals surface area contributed by atoms with Crippen molar-refractivity contribution in [2.24, 2.45) is 0 Å². The van der Waals surface area contributed by atoms with Crippen LogP contribution in [0.1, 0.15) is 22.5 Å². The summed E-state index contributed by atoms with van der Waals surface area (Å²) in [4.78, 5) is 15.9. The molecule has 0 aliphatic heterocycles. The fraction of sp³-hybridized carbons (Fsp3) is 0.167. The molecule has 0 spiro atoms. The Morgan fingerprint density at radius 3 is 2.79 bits per heavy atom. The zero-order valence-corrected chi connectivity index (χ0v) is 12.9. The van der Waals surface area contributed by atoms with Gasteiger partial charge in [0, 0.05) is 18.6 Å².